The van der Waals surface area contributed by atoms with E-state index in [0.29, 0.717) is 16.0 Å². The van der Waals surface area contributed by atoms with Crippen molar-refractivity contribution in [3.8, 4) is 11.5 Å². The van der Waals surface area contributed by atoms with Gasteiger partial charge in [-0.05, 0) is 33.5 Å². The second-order valence-corrected chi connectivity index (χ2v) is 5.64. The molecule has 0 radical (unpaired) electrons. The Kier molecular flexibility index (Phi) is 5.83. The summed E-state index contributed by atoms with van der Waals surface area (Å²) < 4.78 is 11.5. The van der Waals surface area contributed by atoms with Crippen molar-refractivity contribution in [2.45, 2.75) is 32.2 Å². The smallest absolute Gasteiger partial charge is 0.305 e. The molecule has 1 rings (SSSR count). The third kappa shape index (κ3) is 3.43. The average molecular weight is 346 g/mol. The highest BCUT2D eigenvalue weighted by Gasteiger charge is 2.24. The lowest BCUT2D eigenvalue weighted by Crippen LogP contribution is -2.18. The summed E-state index contributed by atoms with van der Waals surface area (Å²) in [5.74, 6) is 0.370. The van der Waals surface area contributed by atoms with Gasteiger partial charge in [0.15, 0.2) is 11.5 Å². The zero-order chi connectivity index (χ0) is 15.4. The molecule has 0 aliphatic rings. The first-order valence-corrected chi connectivity index (χ1v) is 7.04. The van der Waals surface area contributed by atoms with E-state index in [0.717, 1.165) is 11.1 Å². The van der Waals surface area contributed by atoms with Gasteiger partial charge in [0.05, 0.1) is 25.1 Å². The van der Waals surface area contributed by atoms with Gasteiger partial charge in [-0.3, -0.25) is 4.79 Å². The predicted octanol–water partition coefficient (Wildman–Crippen LogP) is 3.06. The Bertz CT molecular complexity index is 502. The molecule has 3 N–H and O–H groups in total. The van der Waals surface area contributed by atoms with Crippen molar-refractivity contribution >= 4 is 21.9 Å². The third-order valence-electron chi connectivity index (χ3n) is 3.04. The molecular formula is C14H20BrNO4. The molecule has 0 aliphatic heterocycles. The van der Waals surface area contributed by atoms with E-state index in [1.165, 1.54) is 0 Å². The van der Waals surface area contributed by atoms with Gasteiger partial charge in [-0.25, -0.2) is 0 Å². The predicted molar refractivity (Wildman–Crippen MR) is 80.5 cm³/mol. The molecule has 0 spiro atoms. The van der Waals surface area contributed by atoms with Crippen molar-refractivity contribution in [3.63, 3.8) is 0 Å². The Balaban J connectivity index is 3.50. The van der Waals surface area contributed by atoms with Gasteiger partial charge in [-0.15, -0.1) is 0 Å². The molecule has 112 valence electrons. The van der Waals surface area contributed by atoms with Gasteiger partial charge in [0.25, 0.3) is 0 Å². The fourth-order valence-corrected chi connectivity index (χ4v) is 2.82. The molecule has 0 fully saturated rings. The highest BCUT2D eigenvalue weighted by atomic mass is 79.9. The monoisotopic (exact) mass is 345 g/mol. The van der Waals surface area contributed by atoms with E-state index < -0.39 is 12.0 Å². The number of carboxylic acid groups (broad SMARTS) is 1. The van der Waals surface area contributed by atoms with Gasteiger partial charge in [-0.1, -0.05) is 13.8 Å². The van der Waals surface area contributed by atoms with E-state index in [-0.39, 0.29) is 12.3 Å². The number of hydrogen-bond donors (Lipinski definition) is 2. The molecule has 0 bridgehead atoms. The maximum absolute atomic E-state index is 10.9. The Morgan fingerprint density at radius 2 is 1.90 bits per heavy atom. The minimum absolute atomic E-state index is 0.127. The van der Waals surface area contributed by atoms with Crippen molar-refractivity contribution in [2.75, 3.05) is 14.2 Å². The van der Waals surface area contributed by atoms with Crippen molar-refractivity contribution in [3.05, 3.63) is 21.7 Å². The summed E-state index contributed by atoms with van der Waals surface area (Å²) in [6.07, 6.45) is -0.137. The lowest BCUT2D eigenvalue weighted by Gasteiger charge is -2.23. The number of rotatable bonds is 6. The summed E-state index contributed by atoms with van der Waals surface area (Å²) in [6.45, 7) is 4.00. The van der Waals surface area contributed by atoms with Crippen molar-refractivity contribution in [2.24, 2.45) is 5.73 Å². The molecule has 0 aliphatic carbocycles. The van der Waals surface area contributed by atoms with E-state index >= 15 is 0 Å². The highest BCUT2D eigenvalue weighted by Crippen LogP contribution is 2.45. The second kappa shape index (κ2) is 6.95. The molecule has 20 heavy (non-hydrogen) atoms. The molecule has 0 heterocycles. The first-order chi connectivity index (χ1) is 9.33. The SMILES string of the molecule is COc1c(Br)cc(C(N)CC(=O)O)c(C(C)C)c1OC. The molecule has 0 amide bonds. The van der Waals surface area contributed by atoms with Crippen molar-refractivity contribution in [1.29, 1.82) is 0 Å². The zero-order valence-electron chi connectivity index (χ0n) is 12.1. The summed E-state index contributed by atoms with van der Waals surface area (Å²) in [4.78, 5) is 10.9. The van der Waals surface area contributed by atoms with Crippen LogP contribution in [0.2, 0.25) is 0 Å². The first-order valence-electron chi connectivity index (χ1n) is 6.25. The third-order valence-corrected chi connectivity index (χ3v) is 3.63. The van der Waals surface area contributed by atoms with Gasteiger partial charge in [0, 0.05) is 11.6 Å². The van der Waals surface area contributed by atoms with Crippen molar-refractivity contribution in [1.82, 2.24) is 0 Å². The molecular weight excluding hydrogens is 326 g/mol. The number of halogens is 1. The van der Waals surface area contributed by atoms with Crippen molar-refractivity contribution < 1.29 is 19.4 Å². The molecule has 0 aromatic heterocycles. The first kappa shape index (κ1) is 16.8. The summed E-state index contributed by atoms with van der Waals surface area (Å²) in [5.41, 5.74) is 7.65. The van der Waals surface area contributed by atoms with Crippen LogP contribution in [0.1, 0.15) is 43.4 Å². The number of methoxy groups -OCH3 is 2. The molecule has 6 heteroatoms. The van der Waals surface area contributed by atoms with E-state index in [1.54, 1.807) is 14.2 Å². The summed E-state index contributed by atoms with van der Waals surface area (Å²) in [5, 5.41) is 8.92. The number of carbonyl (C=O) groups is 1. The molecule has 0 saturated heterocycles. The van der Waals surface area contributed by atoms with Crippen LogP contribution < -0.4 is 15.2 Å². The van der Waals surface area contributed by atoms with Crippen LogP contribution in [-0.4, -0.2) is 25.3 Å². The maximum atomic E-state index is 10.9. The minimum Gasteiger partial charge on any atom is -0.493 e. The minimum atomic E-state index is -0.932. The normalized spacial score (nSPS) is 12.3. The number of aliphatic carboxylic acids is 1. The summed E-state index contributed by atoms with van der Waals surface area (Å²) in [7, 11) is 3.12. The van der Waals surface area contributed by atoms with Crippen LogP contribution in [0.3, 0.4) is 0 Å². The summed E-state index contributed by atoms with van der Waals surface area (Å²) >= 11 is 3.41. The number of ether oxygens (including phenoxy) is 2. The van der Waals surface area contributed by atoms with Gasteiger partial charge in [0.2, 0.25) is 0 Å². The van der Waals surface area contributed by atoms with Crippen LogP contribution in [0.25, 0.3) is 0 Å². The lowest BCUT2D eigenvalue weighted by molar-refractivity contribution is -0.137. The fraction of sp³-hybridized carbons (Fsp3) is 0.500. The topological polar surface area (TPSA) is 81.8 Å². The van der Waals surface area contributed by atoms with Crippen LogP contribution in [-0.2, 0) is 4.79 Å². The standard InChI is InChI=1S/C14H20BrNO4/c1-7(2)12-8(10(16)6-11(17)18)5-9(15)13(19-3)14(12)20-4/h5,7,10H,6,16H2,1-4H3,(H,17,18). The second-order valence-electron chi connectivity index (χ2n) is 4.79. The van der Waals surface area contributed by atoms with Crippen LogP contribution >= 0.6 is 15.9 Å². The Morgan fingerprint density at radius 3 is 2.30 bits per heavy atom. The number of benzene rings is 1. The molecule has 0 saturated carbocycles. The van der Waals surface area contributed by atoms with Crippen LogP contribution in [0, 0.1) is 0 Å². The van der Waals surface area contributed by atoms with Gasteiger partial charge in [-0.2, -0.15) is 0 Å². The molecule has 1 aromatic rings. The van der Waals surface area contributed by atoms with Gasteiger partial charge < -0.3 is 20.3 Å². The van der Waals surface area contributed by atoms with E-state index in [2.05, 4.69) is 15.9 Å². The lowest BCUT2D eigenvalue weighted by atomic mass is 9.90. The largest absolute Gasteiger partial charge is 0.493 e. The Labute approximate surface area is 127 Å². The molecule has 1 aromatic carbocycles. The van der Waals surface area contributed by atoms with E-state index in [1.807, 2.05) is 19.9 Å². The summed E-state index contributed by atoms with van der Waals surface area (Å²) in [6, 6.07) is 1.21. The Hall–Kier alpha value is -1.27. The molecule has 5 nitrogen and oxygen atoms in total. The number of hydrogen-bond acceptors (Lipinski definition) is 4. The quantitative estimate of drug-likeness (QED) is 0.827. The number of carboxylic acids is 1. The van der Waals surface area contributed by atoms with Crippen LogP contribution in [0.15, 0.2) is 10.5 Å². The molecule has 1 atom stereocenters. The number of nitrogens with two attached hydrogens (primary N) is 1. The average Bonchev–Trinajstić information content (AvgIpc) is 2.35. The van der Waals surface area contributed by atoms with Gasteiger partial charge >= 0.3 is 5.97 Å². The van der Waals surface area contributed by atoms with Crippen LogP contribution in [0.5, 0.6) is 11.5 Å². The zero-order valence-corrected chi connectivity index (χ0v) is 13.7. The van der Waals surface area contributed by atoms with E-state index in [4.69, 9.17) is 20.3 Å². The Morgan fingerprint density at radius 1 is 1.35 bits per heavy atom. The maximum Gasteiger partial charge on any atom is 0.305 e. The highest BCUT2D eigenvalue weighted by molar-refractivity contribution is 9.10. The van der Waals surface area contributed by atoms with Gasteiger partial charge in [0.1, 0.15) is 0 Å². The molecule has 1 unspecified atom stereocenters. The van der Waals surface area contributed by atoms with E-state index in [9.17, 15) is 4.79 Å². The van der Waals surface area contributed by atoms with Crippen LogP contribution in [0.4, 0.5) is 0 Å². The fourth-order valence-electron chi connectivity index (χ4n) is 2.23.